The van der Waals surface area contributed by atoms with E-state index >= 15 is 0 Å². The van der Waals surface area contributed by atoms with Crippen molar-refractivity contribution in [3.05, 3.63) is 59.4 Å². The third-order valence-electron chi connectivity index (χ3n) is 7.22. The van der Waals surface area contributed by atoms with Crippen LogP contribution in [-0.2, 0) is 22.7 Å². The van der Waals surface area contributed by atoms with E-state index in [0.717, 1.165) is 44.3 Å². The van der Waals surface area contributed by atoms with Crippen molar-refractivity contribution in [3.63, 3.8) is 0 Å². The normalized spacial score (nSPS) is 15.1. The molecule has 0 radical (unpaired) electrons. The molecule has 1 unspecified atom stereocenters. The summed E-state index contributed by atoms with van der Waals surface area (Å²) in [5, 5.41) is 0. The summed E-state index contributed by atoms with van der Waals surface area (Å²) in [6.45, 7) is 11.9. The van der Waals surface area contributed by atoms with Gasteiger partial charge in [-0.25, -0.2) is 0 Å². The van der Waals surface area contributed by atoms with Gasteiger partial charge in [-0.2, -0.15) is 0 Å². The number of benzene rings is 1. The maximum absolute atomic E-state index is 13.6. The van der Waals surface area contributed by atoms with Gasteiger partial charge in [-0.15, -0.1) is 0 Å². The number of nitrogens with zero attached hydrogens (tertiary/aromatic N) is 3. The van der Waals surface area contributed by atoms with Crippen molar-refractivity contribution in [2.24, 2.45) is 5.92 Å². The molecular formula is C28H41N3O2. The van der Waals surface area contributed by atoms with Gasteiger partial charge >= 0.3 is 0 Å². The summed E-state index contributed by atoms with van der Waals surface area (Å²) in [4.78, 5) is 30.5. The second-order valence-electron chi connectivity index (χ2n) is 9.87. The number of aryl methyl sites for hydroxylation is 1. The highest BCUT2D eigenvalue weighted by Gasteiger charge is 2.31. The summed E-state index contributed by atoms with van der Waals surface area (Å²) in [5.74, 6) is 0.277. The first kappa shape index (κ1) is 25.1. The SMILES string of the molecule is CCC(C)N(Cc1cccn1Cc1ccccc1C)C(=O)CN(C(=O)C1CCCC1)C(C)C. The van der Waals surface area contributed by atoms with E-state index in [-0.39, 0.29) is 36.4 Å². The molecule has 1 atom stereocenters. The molecule has 180 valence electrons. The molecule has 1 saturated carbocycles. The van der Waals surface area contributed by atoms with Gasteiger partial charge in [0, 0.05) is 36.4 Å². The summed E-state index contributed by atoms with van der Waals surface area (Å²) < 4.78 is 2.23. The Morgan fingerprint density at radius 1 is 1.03 bits per heavy atom. The van der Waals surface area contributed by atoms with E-state index in [2.05, 4.69) is 67.9 Å². The van der Waals surface area contributed by atoms with Gasteiger partial charge in [0.1, 0.15) is 6.54 Å². The molecule has 5 nitrogen and oxygen atoms in total. The number of amides is 2. The van der Waals surface area contributed by atoms with Crippen LogP contribution in [0.25, 0.3) is 0 Å². The van der Waals surface area contributed by atoms with Gasteiger partial charge in [0.25, 0.3) is 0 Å². The second kappa shape index (κ2) is 11.5. The van der Waals surface area contributed by atoms with E-state index in [9.17, 15) is 9.59 Å². The molecule has 33 heavy (non-hydrogen) atoms. The third kappa shape index (κ3) is 6.27. The van der Waals surface area contributed by atoms with Crippen LogP contribution >= 0.6 is 0 Å². The summed E-state index contributed by atoms with van der Waals surface area (Å²) in [6.07, 6.45) is 7.11. The van der Waals surface area contributed by atoms with Crippen LogP contribution in [-0.4, -0.2) is 44.8 Å². The van der Waals surface area contributed by atoms with E-state index in [4.69, 9.17) is 0 Å². The molecule has 3 rings (SSSR count). The van der Waals surface area contributed by atoms with Crippen molar-refractivity contribution in [1.82, 2.24) is 14.4 Å². The summed E-state index contributed by atoms with van der Waals surface area (Å²) in [7, 11) is 0. The Bertz CT molecular complexity index is 927. The minimum absolute atomic E-state index is 0.0192. The van der Waals surface area contributed by atoms with Gasteiger partial charge < -0.3 is 14.4 Å². The minimum atomic E-state index is 0.0192. The first-order chi connectivity index (χ1) is 15.8. The molecule has 2 aromatic rings. The smallest absolute Gasteiger partial charge is 0.242 e. The number of carbonyl (C=O) groups excluding carboxylic acids is 2. The van der Waals surface area contributed by atoms with Crippen LogP contribution in [0.5, 0.6) is 0 Å². The van der Waals surface area contributed by atoms with Crippen LogP contribution in [0, 0.1) is 12.8 Å². The average molecular weight is 452 g/mol. The molecule has 2 amide bonds. The molecule has 1 aliphatic carbocycles. The Morgan fingerprint density at radius 3 is 2.36 bits per heavy atom. The molecular weight excluding hydrogens is 410 g/mol. The molecule has 0 spiro atoms. The van der Waals surface area contributed by atoms with Crippen LogP contribution in [0.2, 0.25) is 0 Å². The summed E-state index contributed by atoms with van der Waals surface area (Å²) in [6, 6.07) is 12.7. The monoisotopic (exact) mass is 451 g/mol. The van der Waals surface area contributed by atoms with E-state index < -0.39 is 0 Å². The predicted molar refractivity (Wildman–Crippen MR) is 134 cm³/mol. The molecule has 1 aromatic carbocycles. The molecule has 0 aliphatic heterocycles. The number of carbonyl (C=O) groups is 2. The van der Waals surface area contributed by atoms with Crippen molar-refractivity contribution in [3.8, 4) is 0 Å². The van der Waals surface area contributed by atoms with Gasteiger partial charge in [-0.05, 0) is 70.2 Å². The van der Waals surface area contributed by atoms with Crippen molar-refractivity contribution >= 4 is 11.8 Å². The molecule has 1 aliphatic rings. The average Bonchev–Trinajstić information content (AvgIpc) is 3.48. The van der Waals surface area contributed by atoms with E-state index in [1.165, 1.54) is 11.1 Å². The molecule has 1 aromatic heterocycles. The van der Waals surface area contributed by atoms with Gasteiger partial charge in [-0.3, -0.25) is 9.59 Å². The Kier molecular flexibility index (Phi) is 8.76. The lowest BCUT2D eigenvalue weighted by Crippen LogP contribution is -2.49. The molecule has 0 saturated heterocycles. The van der Waals surface area contributed by atoms with Crippen LogP contribution in [0.15, 0.2) is 42.6 Å². The van der Waals surface area contributed by atoms with Crippen molar-refractivity contribution in [1.29, 1.82) is 0 Å². The maximum atomic E-state index is 13.6. The molecule has 5 heteroatoms. The molecule has 1 fully saturated rings. The van der Waals surface area contributed by atoms with E-state index in [1.807, 2.05) is 18.7 Å². The van der Waals surface area contributed by atoms with Gasteiger partial charge in [0.05, 0.1) is 6.54 Å². The molecule has 0 bridgehead atoms. The largest absolute Gasteiger partial charge is 0.345 e. The Balaban J connectivity index is 1.76. The number of hydrogen-bond acceptors (Lipinski definition) is 2. The maximum Gasteiger partial charge on any atom is 0.242 e. The van der Waals surface area contributed by atoms with Gasteiger partial charge in [0.2, 0.25) is 11.8 Å². The number of rotatable bonds is 10. The highest BCUT2D eigenvalue weighted by Crippen LogP contribution is 2.27. The lowest BCUT2D eigenvalue weighted by Gasteiger charge is -2.34. The standard InChI is InChI=1S/C28H41N3O2/c1-6-23(5)31(27(32)20-30(21(2)3)28(33)24-13-9-10-14-24)19-26-16-11-17-29(26)18-25-15-8-7-12-22(25)4/h7-8,11-12,15-17,21,23-24H,6,9-10,13-14,18-20H2,1-5H3. The fourth-order valence-corrected chi connectivity index (χ4v) is 4.76. The second-order valence-corrected chi connectivity index (χ2v) is 9.87. The van der Waals surface area contributed by atoms with Crippen LogP contribution in [0.4, 0.5) is 0 Å². The van der Waals surface area contributed by atoms with Crippen molar-refractivity contribution in [2.75, 3.05) is 6.54 Å². The van der Waals surface area contributed by atoms with Crippen LogP contribution in [0.3, 0.4) is 0 Å². The predicted octanol–water partition coefficient (Wildman–Crippen LogP) is 5.40. The molecule has 0 N–H and O–H groups in total. The third-order valence-corrected chi connectivity index (χ3v) is 7.22. The van der Waals surface area contributed by atoms with Crippen molar-refractivity contribution in [2.45, 2.75) is 91.9 Å². The fraction of sp³-hybridized carbons (Fsp3) is 0.571. The van der Waals surface area contributed by atoms with Gasteiger partial charge in [0.15, 0.2) is 0 Å². The Labute approximate surface area is 199 Å². The molecule has 1 heterocycles. The zero-order chi connectivity index (χ0) is 24.0. The highest BCUT2D eigenvalue weighted by molar-refractivity contribution is 5.86. The number of hydrogen-bond donors (Lipinski definition) is 0. The van der Waals surface area contributed by atoms with Gasteiger partial charge in [-0.1, -0.05) is 44.0 Å². The lowest BCUT2D eigenvalue weighted by atomic mass is 10.1. The van der Waals surface area contributed by atoms with E-state index in [0.29, 0.717) is 6.54 Å². The first-order valence-electron chi connectivity index (χ1n) is 12.6. The van der Waals surface area contributed by atoms with Crippen LogP contribution < -0.4 is 0 Å². The quantitative estimate of drug-likeness (QED) is 0.486. The topological polar surface area (TPSA) is 45.6 Å². The Hall–Kier alpha value is -2.56. The Morgan fingerprint density at radius 2 is 1.73 bits per heavy atom. The summed E-state index contributed by atoms with van der Waals surface area (Å²) >= 11 is 0. The van der Waals surface area contributed by atoms with Crippen LogP contribution in [0.1, 0.15) is 76.6 Å². The fourth-order valence-electron chi connectivity index (χ4n) is 4.76. The zero-order valence-corrected chi connectivity index (χ0v) is 21.1. The summed E-state index contributed by atoms with van der Waals surface area (Å²) in [5.41, 5.74) is 3.67. The number of aromatic nitrogens is 1. The van der Waals surface area contributed by atoms with E-state index in [1.54, 1.807) is 4.90 Å². The minimum Gasteiger partial charge on any atom is -0.345 e. The highest BCUT2D eigenvalue weighted by atomic mass is 16.2. The zero-order valence-electron chi connectivity index (χ0n) is 21.1. The lowest BCUT2D eigenvalue weighted by molar-refractivity contribution is -0.145. The first-order valence-corrected chi connectivity index (χ1v) is 12.6. The van der Waals surface area contributed by atoms with Crippen molar-refractivity contribution < 1.29 is 9.59 Å².